The van der Waals surface area contributed by atoms with Gasteiger partial charge >= 0.3 is 0 Å². The fourth-order valence-electron chi connectivity index (χ4n) is 4.28. The molecule has 0 amide bonds. The first kappa shape index (κ1) is 22.1. The number of benzene rings is 2. The van der Waals surface area contributed by atoms with Crippen LogP contribution < -0.4 is 20.3 Å². The Morgan fingerprint density at radius 3 is 2.50 bits per heavy atom. The van der Waals surface area contributed by atoms with Crippen LogP contribution in [0.5, 0.6) is 5.75 Å². The van der Waals surface area contributed by atoms with Crippen molar-refractivity contribution < 1.29 is 4.74 Å². The maximum Gasteiger partial charge on any atom is 0.225 e. The van der Waals surface area contributed by atoms with Gasteiger partial charge in [0.1, 0.15) is 18.2 Å². The zero-order valence-corrected chi connectivity index (χ0v) is 19.1. The molecule has 1 aromatic heterocycles. The Balaban J connectivity index is 1.33. The van der Waals surface area contributed by atoms with Crippen molar-refractivity contribution in [3.63, 3.8) is 0 Å². The number of aromatic nitrogens is 2. The van der Waals surface area contributed by atoms with Gasteiger partial charge in [-0.25, -0.2) is 4.98 Å². The second kappa shape index (κ2) is 10.5. The van der Waals surface area contributed by atoms with E-state index >= 15 is 0 Å². The van der Waals surface area contributed by atoms with Gasteiger partial charge in [-0.15, -0.1) is 0 Å². The lowest BCUT2D eigenvalue weighted by atomic mass is 9.91. The van der Waals surface area contributed by atoms with Crippen LogP contribution in [0.2, 0.25) is 0 Å². The van der Waals surface area contributed by atoms with E-state index in [1.807, 2.05) is 49.3 Å². The van der Waals surface area contributed by atoms with Crippen molar-refractivity contribution in [3.8, 4) is 5.75 Å². The van der Waals surface area contributed by atoms with Gasteiger partial charge in [0.2, 0.25) is 5.95 Å². The molecular formula is C26H33N5O. The van der Waals surface area contributed by atoms with Gasteiger partial charge in [-0.2, -0.15) is 4.98 Å². The van der Waals surface area contributed by atoms with E-state index in [1.165, 1.54) is 5.56 Å². The van der Waals surface area contributed by atoms with Crippen LogP contribution in [0, 0.1) is 0 Å². The standard InChI is InChI=1S/C26H33N5O/c1-4-17-32-24-12-8-5-9-19(24)18-27-20-13-15-21(16-14-20)28-26-29-23-11-7-6-10-22(23)25(30-26)31(2)3/h4-12,20-21,27H,1,13-18H2,2-3H3,(H,28,29,30). The second-order valence-electron chi connectivity index (χ2n) is 8.56. The number of nitrogens with one attached hydrogen (secondary N) is 2. The first-order chi connectivity index (χ1) is 15.6. The van der Waals surface area contributed by atoms with E-state index in [9.17, 15) is 0 Å². The van der Waals surface area contributed by atoms with Crippen molar-refractivity contribution in [1.29, 1.82) is 0 Å². The fourth-order valence-corrected chi connectivity index (χ4v) is 4.28. The normalized spacial score (nSPS) is 18.3. The van der Waals surface area contributed by atoms with Crippen molar-refractivity contribution in [3.05, 3.63) is 66.7 Å². The highest BCUT2D eigenvalue weighted by Crippen LogP contribution is 2.27. The molecule has 0 radical (unpaired) electrons. The third-order valence-corrected chi connectivity index (χ3v) is 5.98. The molecule has 3 aromatic rings. The quantitative estimate of drug-likeness (QED) is 0.476. The Bertz CT molecular complexity index is 1040. The maximum atomic E-state index is 5.78. The second-order valence-corrected chi connectivity index (χ2v) is 8.56. The molecule has 1 saturated carbocycles. The summed E-state index contributed by atoms with van der Waals surface area (Å²) in [6.07, 6.45) is 6.22. The minimum absolute atomic E-state index is 0.396. The Hall–Kier alpha value is -3.12. The van der Waals surface area contributed by atoms with Gasteiger partial charge in [0.25, 0.3) is 0 Å². The molecule has 0 atom stereocenters. The number of hydrogen-bond acceptors (Lipinski definition) is 6. The smallest absolute Gasteiger partial charge is 0.225 e. The van der Waals surface area contributed by atoms with Gasteiger partial charge in [0.15, 0.2) is 0 Å². The zero-order valence-electron chi connectivity index (χ0n) is 19.1. The summed E-state index contributed by atoms with van der Waals surface area (Å²) in [5.74, 6) is 2.60. The lowest BCUT2D eigenvalue weighted by Gasteiger charge is -2.30. The summed E-state index contributed by atoms with van der Waals surface area (Å²) in [4.78, 5) is 11.6. The van der Waals surface area contributed by atoms with Crippen LogP contribution in [0.1, 0.15) is 31.2 Å². The van der Waals surface area contributed by atoms with Crippen LogP contribution >= 0.6 is 0 Å². The molecule has 0 spiro atoms. The SMILES string of the molecule is C=CCOc1ccccc1CNC1CCC(Nc2nc(N(C)C)c3ccccc3n2)CC1. The van der Waals surface area contributed by atoms with Crippen molar-refractivity contribution >= 4 is 22.7 Å². The summed E-state index contributed by atoms with van der Waals surface area (Å²) in [5, 5.41) is 8.38. The van der Waals surface area contributed by atoms with Gasteiger partial charge in [-0.1, -0.05) is 43.0 Å². The summed E-state index contributed by atoms with van der Waals surface area (Å²) in [5.41, 5.74) is 2.16. The number of para-hydroxylation sites is 2. The zero-order chi connectivity index (χ0) is 22.3. The van der Waals surface area contributed by atoms with E-state index in [4.69, 9.17) is 14.7 Å². The molecule has 1 aliphatic carbocycles. The highest BCUT2D eigenvalue weighted by molar-refractivity contribution is 5.90. The molecule has 4 rings (SSSR count). The summed E-state index contributed by atoms with van der Waals surface area (Å²) < 4.78 is 5.78. The monoisotopic (exact) mass is 431 g/mol. The predicted molar refractivity (Wildman–Crippen MR) is 133 cm³/mol. The molecule has 2 N–H and O–H groups in total. The van der Waals surface area contributed by atoms with Gasteiger partial charge in [-0.3, -0.25) is 0 Å². The minimum atomic E-state index is 0.396. The molecule has 2 aromatic carbocycles. The third kappa shape index (κ3) is 5.37. The van der Waals surface area contributed by atoms with Crippen LogP contribution in [0.25, 0.3) is 10.9 Å². The van der Waals surface area contributed by atoms with Crippen LogP contribution in [0.4, 0.5) is 11.8 Å². The van der Waals surface area contributed by atoms with Crippen LogP contribution in [-0.2, 0) is 6.54 Å². The molecule has 1 aliphatic rings. The molecule has 0 unspecified atom stereocenters. The number of rotatable bonds is 9. The number of nitrogens with zero attached hydrogens (tertiary/aromatic N) is 3. The number of anilines is 2. The summed E-state index contributed by atoms with van der Waals surface area (Å²) in [7, 11) is 4.05. The van der Waals surface area contributed by atoms with Gasteiger partial charge < -0.3 is 20.3 Å². The van der Waals surface area contributed by atoms with Gasteiger partial charge in [0.05, 0.1) is 5.52 Å². The first-order valence-electron chi connectivity index (χ1n) is 11.4. The minimum Gasteiger partial charge on any atom is -0.489 e. The third-order valence-electron chi connectivity index (χ3n) is 5.98. The molecule has 0 saturated heterocycles. The van der Waals surface area contributed by atoms with Crippen molar-refractivity contribution in [2.24, 2.45) is 0 Å². The van der Waals surface area contributed by atoms with E-state index in [-0.39, 0.29) is 0 Å². The maximum absolute atomic E-state index is 5.78. The van der Waals surface area contributed by atoms with Crippen molar-refractivity contribution in [2.75, 3.05) is 30.9 Å². The molecule has 1 fully saturated rings. The van der Waals surface area contributed by atoms with E-state index in [1.54, 1.807) is 6.08 Å². The summed E-state index contributed by atoms with van der Waals surface area (Å²) in [6, 6.07) is 17.3. The summed E-state index contributed by atoms with van der Waals surface area (Å²) >= 11 is 0. The molecule has 32 heavy (non-hydrogen) atoms. The summed E-state index contributed by atoms with van der Waals surface area (Å²) in [6.45, 7) is 5.08. The highest BCUT2D eigenvalue weighted by atomic mass is 16.5. The average molecular weight is 432 g/mol. The Labute approximate surface area is 190 Å². The molecule has 1 heterocycles. The van der Waals surface area contributed by atoms with Crippen molar-refractivity contribution in [2.45, 2.75) is 44.3 Å². The lowest BCUT2D eigenvalue weighted by Crippen LogP contribution is -2.37. The Kier molecular flexibility index (Phi) is 7.22. The molecule has 6 heteroatoms. The molecule has 6 nitrogen and oxygen atoms in total. The van der Waals surface area contributed by atoms with Crippen LogP contribution in [-0.4, -0.2) is 42.8 Å². The highest BCUT2D eigenvalue weighted by Gasteiger charge is 2.22. The topological polar surface area (TPSA) is 62.3 Å². The van der Waals surface area contributed by atoms with E-state index in [2.05, 4.69) is 35.4 Å². The lowest BCUT2D eigenvalue weighted by molar-refractivity contribution is 0.339. The average Bonchev–Trinajstić information content (AvgIpc) is 2.82. The molecule has 168 valence electrons. The number of ether oxygens (including phenoxy) is 1. The number of hydrogen-bond donors (Lipinski definition) is 2. The largest absolute Gasteiger partial charge is 0.489 e. The number of fused-ring (bicyclic) bond motifs is 1. The fraction of sp³-hybridized carbons (Fsp3) is 0.385. The molecular weight excluding hydrogens is 398 g/mol. The van der Waals surface area contributed by atoms with E-state index in [0.29, 0.717) is 18.7 Å². The predicted octanol–water partition coefficient (Wildman–Crippen LogP) is 4.77. The first-order valence-corrected chi connectivity index (χ1v) is 11.4. The van der Waals surface area contributed by atoms with Gasteiger partial charge in [0, 0.05) is 43.7 Å². The Morgan fingerprint density at radius 2 is 1.72 bits per heavy atom. The van der Waals surface area contributed by atoms with Crippen LogP contribution in [0.15, 0.2) is 61.2 Å². The van der Waals surface area contributed by atoms with Crippen LogP contribution in [0.3, 0.4) is 0 Å². The Morgan fingerprint density at radius 1 is 1.00 bits per heavy atom. The van der Waals surface area contributed by atoms with Gasteiger partial charge in [-0.05, 0) is 43.9 Å². The van der Waals surface area contributed by atoms with Crippen molar-refractivity contribution in [1.82, 2.24) is 15.3 Å². The van der Waals surface area contributed by atoms with E-state index in [0.717, 1.165) is 60.6 Å². The molecule has 0 bridgehead atoms. The van der Waals surface area contributed by atoms with E-state index < -0.39 is 0 Å². The molecule has 0 aliphatic heterocycles.